The molecule has 0 spiro atoms. The van der Waals surface area contributed by atoms with Crippen LogP contribution in [0.2, 0.25) is 0 Å². The summed E-state index contributed by atoms with van der Waals surface area (Å²) in [6.45, 7) is 2.86. The Bertz CT molecular complexity index is 270. The van der Waals surface area contributed by atoms with E-state index in [4.69, 9.17) is 5.11 Å². The Morgan fingerprint density at radius 2 is 1.78 bits per heavy atom. The smallest absolute Gasteiger partial charge is 0.305 e. The molecule has 0 aromatic carbocycles. The summed E-state index contributed by atoms with van der Waals surface area (Å²) in [6, 6.07) is 0. The van der Waals surface area contributed by atoms with Crippen LogP contribution < -0.4 is 0 Å². The minimum Gasteiger partial charge on any atom is -0.481 e. The summed E-state index contributed by atoms with van der Waals surface area (Å²) < 4.78 is 0. The molecule has 1 aliphatic rings. The Labute approximate surface area is 109 Å². The van der Waals surface area contributed by atoms with E-state index >= 15 is 0 Å². The third-order valence-electron chi connectivity index (χ3n) is 3.77. The van der Waals surface area contributed by atoms with Gasteiger partial charge in [0.2, 0.25) is 5.91 Å². The van der Waals surface area contributed by atoms with Gasteiger partial charge in [-0.05, 0) is 25.7 Å². The molecule has 4 nitrogen and oxygen atoms in total. The molecule has 0 atom stereocenters. The van der Waals surface area contributed by atoms with Gasteiger partial charge in [0, 0.05) is 19.5 Å². The van der Waals surface area contributed by atoms with Crippen LogP contribution in [0.3, 0.4) is 0 Å². The fraction of sp³-hybridized carbons (Fsp3) is 0.857. The van der Waals surface area contributed by atoms with E-state index in [1.54, 1.807) is 4.90 Å². The van der Waals surface area contributed by atoms with Crippen molar-refractivity contribution in [3.8, 4) is 0 Å². The largest absolute Gasteiger partial charge is 0.481 e. The number of nitrogens with zero attached hydrogens (tertiary/aromatic N) is 1. The predicted molar refractivity (Wildman–Crippen MR) is 70.3 cm³/mol. The zero-order valence-corrected chi connectivity index (χ0v) is 11.4. The normalized spacial score (nSPS) is 17.2. The van der Waals surface area contributed by atoms with E-state index in [-0.39, 0.29) is 12.3 Å². The molecule has 18 heavy (non-hydrogen) atoms. The van der Waals surface area contributed by atoms with E-state index in [1.807, 2.05) is 6.92 Å². The van der Waals surface area contributed by atoms with Crippen molar-refractivity contribution in [3.05, 3.63) is 0 Å². The van der Waals surface area contributed by atoms with E-state index in [0.717, 1.165) is 12.8 Å². The minimum absolute atomic E-state index is 0.0459. The quantitative estimate of drug-likeness (QED) is 0.742. The van der Waals surface area contributed by atoms with Crippen LogP contribution in [-0.2, 0) is 9.59 Å². The summed E-state index contributed by atoms with van der Waals surface area (Å²) in [6.07, 6.45) is 8.02. The maximum absolute atomic E-state index is 12.1. The zero-order valence-electron chi connectivity index (χ0n) is 11.4. The van der Waals surface area contributed by atoms with Crippen molar-refractivity contribution in [3.63, 3.8) is 0 Å². The summed E-state index contributed by atoms with van der Waals surface area (Å²) >= 11 is 0. The topological polar surface area (TPSA) is 57.6 Å². The maximum atomic E-state index is 12.1. The number of hydrogen-bond acceptors (Lipinski definition) is 2. The predicted octanol–water partition coefficient (Wildman–Crippen LogP) is 2.67. The van der Waals surface area contributed by atoms with E-state index in [0.29, 0.717) is 25.4 Å². The van der Waals surface area contributed by atoms with Crippen molar-refractivity contribution in [2.45, 2.75) is 58.3 Å². The summed E-state index contributed by atoms with van der Waals surface area (Å²) in [7, 11) is 0. The maximum Gasteiger partial charge on any atom is 0.305 e. The molecular weight excluding hydrogens is 230 g/mol. The van der Waals surface area contributed by atoms with Gasteiger partial charge in [0.05, 0.1) is 6.42 Å². The molecule has 0 aliphatic heterocycles. The summed E-state index contributed by atoms with van der Waals surface area (Å²) in [5.41, 5.74) is 0. The van der Waals surface area contributed by atoms with E-state index < -0.39 is 5.97 Å². The third kappa shape index (κ3) is 5.52. The number of carbonyl (C=O) groups excluding carboxylic acids is 1. The second kappa shape index (κ2) is 8.11. The number of carboxylic acids is 1. The van der Waals surface area contributed by atoms with E-state index in [9.17, 15) is 9.59 Å². The standard InChI is InChI=1S/C14H25NO3/c1-2-15(10-9-14(17)18)13(16)11-12-7-5-3-4-6-8-12/h12H,2-11H2,1H3,(H,17,18). The van der Waals surface area contributed by atoms with Crippen molar-refractivity contribution in [1.29, 1.82) is 0 Å². The Kier molecular flexibility index (Phi) is 6.76. The Balaban J connectivity index is 2.37. The molecule has 1 rings (SSSR count). The van der Waals surface area contributed by atoms with Crippen LogP contribution in [0, 0.1) is 5.92 Å². The highest BCUT2D eigenvalue weighted by atomic mass is 16.4. The van der Waals surface area contributed by atoms with Crippen LogP contribution >= 0.6 is 0 Å². The van der Waals surface area contributed by atoms with Gasteiger partial charge in [-0.3, -0.25) is 9.59 Å². The molecule has 0 aromatic rings. The molecule has 0 saturated heterocycles. The van der Waals surface area contributed by atoms with Crippen molar-refractivity contribution in [2.75, 3.05) is 13.1 Å². The van der Waals surface area contributed by atoms with Gasteiger partial charge in [0.25, 0.3) is 0 Å². The third-order valence-corrected chi connectivity index (χ3v) is 3.77. The van der Waals surface area contributed by atoms with Gasteiger partial charge in [0.1, 0.15) is 0 Å². The summed E-state index contributed by atoms with van der Waals surface area (Å²) in [5, 5.41) is 8.66. The highest BCUT2D eigenvalue weighted by Gasteiger charge is 2.19. The lowest BCUT2D eigenvalue weighted by atomic mass is 9.96. The summed E-state index contributed by atoms with van der Waals surface area (Å²) in [5.74, 6) is -0.194. The summed E-state index contributed by atoms with van der Waals surface area (Å²) in [4.78, 5) is 24.3. The molecule has 0 bridgehead atoms. The molecule has 0 aromatic heterocycles. The van der Waals surface area contributed by atoms with Crippen molar-refractivity contribution >= 4 is 11.9 Å². The molecule has 4 heteroatoms. The van der Waals surface area contributed by atoms with E-state index in [2.05, 4.69) is 0 Å². The lowest BCUT2D eigenvalue weighted by Crippen LogP contribution is -2.34. The molecule has 1 N–H and O–H groups in total. The van der Waals surface area contributed by atoms with Crippen LogP contribution in [0.4, 0.5) is 0 Å². The molecule has 0 heterocycles. The molecule has 104 valence electrons. The van der Waals surface area contributed by atoms with Crippen LogP contribution in [0.15, 0.2) is 0 Å². The molecule has 1 aliphatic carbocycles. The molecule has 0 radical (unpaired) electrons. The van der Waals surface area contributed by atoms with Gasteiger partial charge in [-0.1, -0.05) is 25.7 Å². The SMILES string of the molecule is CCN(CCC(=O)O)C(=O)CC1CCCCCC1. The fourth-order valence-corrected chi connectivity index (χ4v) is 2.63. The number of carbonyl (C=O) groups is 2. The highest BCUT2D eigenvalue weighted by Crippen LogP contribution is 2.25. The molecule has 1 amide bonds. The average Bonchev–Trinajstić information content (AvgIpc) is 2.58. The highest BCUT2D eigenvalue weighted by molar-refractivity contribution is 5.77. The Hall–Kier alpha value is -1.06. The van der Waals surface area contributed by atoms with Crippen LogP contribution in [0.1, 0.15) is 58.3 Å². The van der Waals surface area contributed by atoms with Gasteiger partial charge in [-0.15, -0.1) is 0 Å². The van der Waals surface area contributed by atoms with Crippen molar-refractivity contribution < 1.29 is 14.7 Å². The van der Waals surface area contributed by atoms with Crippen LogP contribution in [0.25, 0.3) is 0 Å². The number of carboxylic acid groups (broad SMARTS) is 1. The molecule has 0 unspecified atom stereocenters. The van der Waals surface area contributed by atoms with Crippen molar-refractivity contribution in [1.82, 2.24) is 4.90 Å². The minimum atomic E-state index is -0.837. The number of hydrogen-bond donors (Lipinski definition) is 1. The first-order valence-electron chi connectivity index (χ1n) is 7.13. The van der Waals surface area contributed by atoms with Gasteiger partial charge in [-0.25, -0.2) is 0 Å². The number of rotatable bonds is 6. The molecule has 1 fully saturated rings. The Morgan fingerprint density at radius 3 is 2.28 bits per heavy atom. The number of aliphatic carboxylic acids is 1. The average molecular weight is 255 g/mol. The zero-order chi connectivity index (χ0) is 13.4. The Morgan fingerprint density at radius 1 is 1.17 bits per heavy atom. The number of amides is 1. The molecule has 1 saturated carbocycles. The van der Waals surface area contributed by atoms with Crippen LogP contribution in [-0.4, -0.2) is 35.0 Å². The van der Waals surface area contributed by atoms with Gasteiger partial charge in [-0.2, -0.15) is 0 Å². The monoisotopic (exact) mass is 255 g/mol. The van der Waals surface area contributed by atoms with Gasteiger partial charge >= 0.3 is 5.97 Å². The lowest BCUT2D eigenvalue weighted by molar-refractivity contribution is -0.138. The fourth-order valence-electron chi connectivity index (χ4n) is 2.63. The first-order chi connectivity index (χ1) is 8.63. The second-order valence-electron chi connectivity index (χ2n) is 5.18. The first kappa shape index (κ1) is 15.0. The van der Waals surface area contributed by atoms with E-state index in [1.165, 1.54) is 25.7 Å². The lowest BCUT2D eigenvalue weighted by Gasteiger charge is -2.23. The molecular formula is C14H25NO3. The van der Waals surface area contributed by atoms with Gasteiger partial charge < -0.3 is 10.0 Å². The first-order valence-corrected chi connectivity index (χ1v) is 7.13. The van der Waals surface area contributed by atoms with Crippen LogP contribution in [0.5, 0.6) is 0 Å². The second-order valence-corrected chi connectivity index (χ2v) is 5.18. The van der Waals surface area contributed by atoms with Gasteiger partial charge in [0.15, 0.2) is 0 Å². The van der Waals surface area contributed by atoms with Crippen molar-refractivity contribution in [2.24, 2.45) is 5.92 Å².